The first-order chi connectivity index (χ1) is 8.08. The van der Waals surface area contributed by atoms with Gasteiger partial charge in [-0.1, -0.05) is 0 Å². The molecule has 0 aliphatic carbocycles. The average molecular weight is 236 g/mol. The van der Waals surface area contributed by atoms with Crippen LogP contribution in [0.1, 0.15) is 30.9 Å². The lowest BCUT2D eigenvalue weighted by Crippen LogP contribution is -2.36. The number of carboxylic acid groups (broad SMARTS) is 1. The molecule has 1 aromatic heterocycles. The van der Waals surface area contributed by atoms with Gasteiger partial charge in [0.25, 0.3) is 0 Å². The molecule has 4 heteroatoms. The van der Waals surface area contributed by atoms with Crippen LogP contribution in [0.4, 0.5) is 0 Å². The Morgan fingerprint density at radius 1 is 1.53 bits per heavy atom. The standard InChI is InChI=1S/C13H20N2O2/c1-14-7-5-11(9-14)13-10(8-12(16)17)4-3-6-15(13)2/h5,7,9-10,13H,3-4,6,8H2,1-2H3,(H,16,17)/t10-,13+/m1/s1. The van der Waals surface area contributed by atoms with Crippen molar-refractivity contribution in [2.45, 2.75) is 25.3 Å². The maximum Gasteiger partial charge on any atom is 0.303 e. The van der Waals surface area contributed by atoms with Gasteiger partial charge in [-0.15, -0.1) is 0 Å². The van der Waals surface area contributed by atoms with Crippen molar-refractivity contribution in [3.8, 4) is 0 Å². The number of aliphatic carboxylic acids is 1. The monoisotopic (exact) mass is 236 g/mol. The SMILES string of the molecule is CN1CCC[C@H](CC(=O)O)[C@H]1c1ccn(C)c1. The van der Waals surface area contributed by atoms with Gasteiger partial charge in [-0.2, -0.15) is 0 Å². The molecule has 0 saturated carbocycles. The lowest BCUT2D eigenvalue weighted by Gasteiger charge is -2.38. The first-order valence-corrected chi connectivity index (χ1v) is 6.12. The zero-order valence-corrected chi connectivity index (χ0v) is 10.5. The number of hydrogen-bond acceptors (Lipinski definition) is 2. The summed E-state index contributed by atoms with van der Waals surface area (Å²) in [5, 5.41) is 9.00. The second-order valence-corrected chi connectivity index (χ2v) is 5.04. The van der Waals surface area contributed by atoms with Gasteiger partial charge in [0.2, 0.25) is 0 Å². The quantitative estimate of drug-likeness (QED) is 0.871. The second kappa shape index (κ2) is 4.92. The summed E-state index contributed by atoms with van der Waals surface area (Å²) < 4.78 is 2.02. The summed E-state index contributed by atoms with van der Waals surface area (Å²) in [4.78, 5) is 13.2. The van der Waals surface area contributed by atoms with E-state index in [0.29, 0.717) is 0 Å². The van der Waals surface area contributed by atoms with E-state index in [9.17, 15) is 4.79 Å². The Kier molecular flexibility index (Phi) is 3.52. The highest BCUT2D eigenvalue weighted by molar-refractivity contribution is 5.67. The fourth-order valence-corrected chi connectivity index (χ4v) is 2.92. The summed E-state index contributed by atoms with van der Waals surface area (Å²) in [5.74, 6) is -0.458. The summed E-state index contributed by atoms with van der Waals surface area (Å²) in [6.07, 6.45) is 6.49. The van der Waals surface area contributed by atoms with Crippen LogP contribution in [0.2, 0.25) is 0 Å². The minimum absolute atomic E-state index is 0.230. The summed E-state index contributed by atoms with van der Waals surface area (Å²) in [6.45, 7) is 1.05. The van der Waals surface area contributed by atoms with Crippen LogP contribution in [0.25, 0.3) is 0 Å². The van der Waals surface area contributed by atoms with Crippen LogP contribution >= 0.6 is 0 Å². The first-order valence-electron chi connectivity index (χ1n) is 6.12. The maximum absolute atomic E-state index is 10.9. The van der Waals surface area contributed by atoms with Gasteiger partial charge in [0.05, 0.1) is 0 Å². The van der Waals surface area contributed by atoms with E-state index in [1.54, 1.807) is 0 Å². The highest BCUT2D eigenvalue weighted by Gasteiger charge is 2.32. The number of hydrogen-bond donors (Lipinski definition) is 1. The lowest BCUT2D eigenvalue weighted by atomic mass is 9.84. The fraction of sp³-hybridized carbons (Fsp3) is 0.615. The number of likely N-dealkylation sites (tertiary alicyclic amines) is 1. The molecule has 1 saturated heterocycles. The average Bonchev–Trinajstić information content (AvgIpc) is 2.64. The number of rotatable bonds is 3. The van der Waals surface area contributed by atoms with Crippen molar-refractivity contribution in [2.75, 3.05) is 13.6 Å². The molecular formula is C13H20N2O2. The number of aryl methyl sites for hydroxylation is 1. The van der Waals surface area contributed by atoms with E-state index in [2.05, 4.69) is 24.2 Å². The molecule has 0 radical (unpaired) electrons. The van der Waals surface area contributed by atoms with E-state index in [4.69, 9.17) is 5.11 Å². The van der Waals surface area contributed by atoms with E-state index in [-0.39, 0.29) is 18.4 Å². The number of aromatic nitrogens is 1. The van der Waals surface area contributed by atoms with Crippen LogP contribution in [0.5, 0.6) is 0 Å². The zero-order valence-electron chi connectivity index (χ0n) is 10.5. The number of piperidine rings is 1. The Morgan fingerprint density at radius 3 is 2.88 bits per heavy atom. The van der Waals surface area contributed by atoms with Gasteiger partial charge < -0.3 is 9.67 Å². The molecule has 2 heterocycles. The largest absolute Gasteiger partial charge is 0.481 e. The van der Waals surface area contributed by atoms with Crippen LogP contribution in [0.3, 0.4) is 0 Å². The van der Waals surface area contributed by atoms with E-state index in [0.717, 1.165) is 19.4 Å². The Hall–Kier alpha value is -1.29. The molecule has 94 valence electrons. The Morgan fingerprint density at radius 2 is 2.29 bits per heavy atom. The predicted molar refractivity (Wildman–Crippen MR) is 65.8 cm³/mol. The molecule has 0 unspecified atom stereocenters. The number of carboxylic acids is 1. The topological polar surface area (TPSA) is 45.5 Å². The molecule has 0 spiro atoms. The van der Waals surface area contributed by atoms with Crippen molar-refractivity contribution < 1.29 is 9.90 Å². The van der Waals surface area contributed by atoms with Crippen LogP contribution in [-0.2, 0) is 11.8 Å². The molecule has 0 aromatic carbocycles. The van der Waals surface area contributed by atoms with Crippen molar-refractivity contribution in [3.05, 3.63) is 24.0 Å². The summed E-state index contributed by atoms with van der Waals surface area (Å²) in [5.41, 5.74) is 1.24. The van der Waals surface area contributed by atoms with Gasteiger partial charge in [0.15, 0.2) is 0 Å². The molecule has 17 heavy (non-hydrogen) atoms. The van der Waals surface area contributed by atoms with Crippen molar-refractivity contribution in [2.24, 2.45) is 13.0 Å². The Bertz CT molecular complexity index is 400. The third-order valence-corrected chi connectivity index (χ3v) is 3.64. The fourth-order valence-electron chi connectivity index (χ4n) is 2.92. The van der Waals surface area contributed by atoms with Crippen molar-refractivity contribution >= 4 is 5.97 Å². The smallest absolute Gasteiger partial charge is 0.303 e. The highest BCUT2D eigenvalue weighted by atomic mass is 16.4. The van der Waals surface area contributed by atoms with E-state index in [1.807, 2.05) is 17.8 Å². The van der Waals surface area contributed by atoms with Crippen LogP contribution in [0, 0.1) is 5.92 Å². The molecule has 4 nitrogen and oxygen atoms in total. The molecule has 0 bridgehead atoms. The molecule has 1 N–H and O–H groups in total. The minimum Gasteiger partial charge on any atom is -0.481 e. The van der Waals surface area contributed by atoms with Gasteiger partial charge in [-0.3, -0.25) is 9.69 Å². The van der Waals surface area contributed by atoms with Gasteiger partial charge in [0, 0.05) is 31.9 Å². The molecule has 1 aliphatic rings. The molecule has 1 fully saturated rings. The van der Waals surface area contributed by atoms with Crippen LogP contribution < -0.4 is 0 Å². The van der Waals surface area contributed by atoms with Crippen LogP contribution in [0.15, 0.2) is 18.5 Å². The molecule has 2 rings (SSSR count). The molecule has 1 aliphatic heterocycles. The molecule has 0 amide bonds. The summed E-state index contributed by atoms with van der Waals surface area (Å²) >= 11 is 0. The van der Waals surface area contributed by atoms with E-state index < -0.39 is 5.97 Å². The third-order valence-electron chi connectivity index (χ3n) is 3.64. The van der Waals surface area contributed by atoms with Gasteiger partial charge in [-0.05, 0) is 44.0 Å². The summed E-state index contributed by atoms with van der Waals surface area (Å²) in [7, 11) is 4.09. The second-order valence-electron chi connectivity index (χ2n) is 5.04. The normalized spacial score (nSPS) is 26.0. The van der Waals surface area contributed by atoms with Crippen molar-refractivity contribution in [1.29, 1.82) is 0 Å². The van der Waals surface area contributed by atoms with Gasteiger partial charge >= 0.3 is 5.97 Å². The highest BCUT2D eigenvalue weighted by Crippen LogP contribution is 2.36. The Labute approximate surface area is 102 Å². The lowest BCUT2D eigenvalue weighted by molar-refractivity contribution is -0.139. The van der Waals surface area contributed by atoms with Gasteiger partial charge in [-0.25, -0.2) is 0 Å². The Balaban J connectivity index is 2.21. The van der Waals surface area contributed by atoms with Crippen LogP contribution in [-0.4, -0.2) is 34.1 Å². The predicted octanol–water partition coefficient (Wildman–Crippen LogP) is 1.88. The third kappa shape index (κ3) is 2.69. The molecular weight excluding hydrogens is 216 g/mol. The van der Waals surface area contributed by atoms with Crippen molar-refractivity contribution in [1.82, 2.24) is 9.47 Å². The maximum atomic E-state index is 10.9. The molecule has 1 aromatic rings. The molecule has 2 atom stereocenters. The van der Waals surface area contributed by atoms with Gasteiger partial charge in [0.1, 0.15) is 0 Å². The summed E-state index contributed by atoms with van der Waals surface area (Å²) in [6, 6.07) is 2.35. The zero-order chi connectivity index (χ0) is 12.4. The minimum atomic E-state index is -0.689. The van der Waals surface area contributed by atoms with Crippen molar-refractivity contribution in [3.63, 3.8) is 0 Å². The van der Waals surface area contributed by atoms with E-state index >= 15 is 0 Å². The number of carbonyl (C=O) groups is 1. The first kappa shape index (κ1) is 12.2. The number of nitrogens with zero attached hydrogens (tertiary/aromatic N) is 2. The van der Waals surface area contributed by atoms with E-state index in [1.165, 1.54) is 5.56 Å².